The van der Waals surface area contributed by atoms with Crippen LogP contribution in [0, 0.1) is 5.82 Å². The van der Waals surface area contributed by atoms with Crippen molar-refractivity contribution in [3.8, 4) is 0 Å². The Morgan fingerprint density at radius 2 is 2.29 bits per heavy atom. The fourth-order valence-corrected chi connectivity index (χ4v) is 2.00. The molecule has 0 spiro atoms. The van der Waals surface area contributed by atoms with E-state index < -0.39 is 5.82 Å². The summed E-state index contributed by atoms with van der Waals surface area (Å²) in [6.07, 6.45) is 0.716. The number of nitrogens with zero attached hydrogens (tertiary/aromatic N) is 2. The van der Waals surface area contributed by atoms with Crippen molar-refractivity contribution in [3.05, 3.63) is 35.7 Å². The molecule has 0 bridgehead atoms. The van der Waals surface area contributed by atoms with Gasteiger partial charge in [0.25, 0.3) is 0 Å². The Morgan fingerprint density at radius 3 is 2.94 bits per heavy atom. The van der Waals surface area contributed by atoms with E-state index in [0.29, 0.717) is 23.9 Å². The third-order valence-electron chi connectivity index (χ3n) is 2.15. The minimum atomic E-state index is -0.405. The number of rotatable bonds is 4. The predicted molar refractivity (Wildman–Crippen MR) is 64.0 cm³/mol. The fraction of sp³-hybridized carbons (Fsp3) is 0.273. The number of hydrogen-bond acceptors (Lipinski definition) is 5. The number of hydrogen-bond donors (Lipinski definition) is 1. The highest BCUT2D eigenvalue weighted by Gasteiger charge is 2.06. The molecule has 1 aromatic heterocycles. The lowest BCUT2D eigenvalue weighted by molar-refractivity contribution is 0.378. The van der Waals surface area contributed by atoms with Crippen LogP contribution in [0.25, 0.3) is 0 Å². The Kier molecular flexibility index (Phi) is 3.63. The summed E-state index contributed by atoms with van der Waals surface area (Å²) >= 11 is 1.44. The van der Waals surface area contributed by atoms with Gasteiger partial charge in [0.15, 0.2) is 5.82 Å². The highest BCUT2D eigenvalue weighted by Crippen LogP contribution is 2.24. The molecule has 2 N–H and O–H groups in total. The number of benzene rings is 1. The van der Waals surface area contributed by atoms with E-state index in [0.717, 1.165) is 4.90 Å². The highest BCUT2D eigenvalue weighted by molar-refractivity contribution is 7.98. The second kappa shape index (κ2) is 5.18. The van der Waals surface area contributed by atoms with E-state index in [-0.39, 0.29) is 5.69 Å². The zero-order valence-electron chi connectivity index (χ0n) is 9.31. The SMILES string of the molecule is CCc1nc(CSc2ccc(N)c(F)c2)no1. The quantitative estimate of drug-likeness (QED) is 0.670. The van der Waals surface area contributed by atoms with E-state index >= 15 is 0 Å². The molecule has 2 rings (SSSR count). The zero-order chi connectivity index (χ0) is 12.3. The van der Waals surface area contributed by atoms with Gasteiger partial charge in [-0.1, -0.05) is 12.1 Å². The second-order valence-corrected chi connectivity index (χ2v) is 4.48. The molecule has 0 aliphatic rings. The van der Waals surface area contributed by atoms with Crippen molar-refractivity contribution in [2.24, 2.45) is 0 Å². The molecule has 1 aromatic carbocycles. The van der Waals surface area contributed by atoms with Gasteiger partial charge in [0, 0.05) is 11.3 Å². The molecule has 1 heterocycles. The molecule has 0 saturated heterocycles. The van der Waals surface area contributed by atoms with E-state index in [4.69, 9.17) is 10.3 Å². The zero-order valence-corrected chi connectivity index (χ0v) is 10.1. The summed E-state index contributed by atoms with van der Waals surface area (Å²) in [6, 6.07) is 4.72. The van der Waals surface area contributed by atoms with Gasteiger partial charge in [-0.05, 0) is 18.2 Å². The van der Waals surface area contributed by atoms with Gasteiger partial charge in [0.1, 0.15) is 5.82 Å². The Bertz CT molecular complexity index is 515. The van der Waals surface area contributed by atoms with Crippen LogP contribution in [0.2, 0.25) is 0 Å². The lowest BCUT2D eigenvalue weighted by Gasteiger charge is -2.00. The third-order valence-corrected chi connectivity index (χ3v) is 3.14. The van der Waals surface area contributed by atoms with Crippen LogP contribution >= 0.6 is 11.8 Å². The van der Waals surface area contributed by atoms with Gasteiger partial charge >= 0.3 is 0 Å². The summed E-state index contributed by atoms with van der Waals surface area (Å²) in [7, 11) is 0. The summed E-state index contributed by atoms with van der Waals surface area (Å²) in [5.41, 5.74) is 5.55. The number of aromatic nitrogens is 2. The molecule has 0 aliphatic heterocycles. The first-order valence-corrected chi connectivity index (χ1v) is 6.17. The molecular weight excluding hydrogens is 241 g/mol. The number of aryl methyl sites for hydroxylation is 1. The normalized spacial score (nSPS) is 10.7. The van der Waals surface area contributed by atoms with Gasteiger partial charge in [0.05, 0.1) is 11.4 Å². The Morgan fingerprint density at radius 1 is 1.47 bits per heavy atom. The molecule has 0 unspecified atom stereocenters. The summed E-state index contributed by atoms with van der Waals surface area (Å²) in [5.74, 6) is 1.37. The van der Waals surface area contributed by atoms with Crippen LogP contribution in [-0.4, -0.2) is 10.1 Å². The molecule has 6 heteroatoms. The van der Waals surface area contributed by atoms with Crippen molar-refractivity contribution in [2.45, 2.75) is 24.0 Å². The lowest BCUT2D eigenvalue weighted by atomic mass is 10.3. The number of anilines is 1. The maximum atomic E-state index is 13.2. The third kappa shape index (κ3) is 2.97. The van der Waals surface area contributed by atoms with Crippen LogP contribution in [0.4, 0.5) is 10.1 Å². The first kappa shape index (κ1) is 11.9. The fourth-order valence-electron chi connectivity index (χ4n) is 1.24. The maximum absolute atomic E-state index is 13.2. The van der Waals surface area contributed by atoms with Crippen LogP contribution in [0.5, 0.6) is 0 Å². The van der Waals surface area contributed by atoms with E-state index in [1.807, 2.05) is 6.92 Å². The number of nitrogen functional groups attached to an aromatic ring is 1. The van der Waals surface area contributed by atoms with E-state index in [1.165, 1.54) is 17.8 Å². The topological polar surface area (TPSA) is 64.9 Å². The van der Waals surface area contributed by atoms with Crippen molar-refractivity contribution in [2.75, 3.05) is 5.73 Å². The first-order valence-electron chi connectivity index (χ1n) is 5.18. The standard InChI is InChI=1S/C11H12FN3OS/c1-2-11-14-10(15-16-11)6-17-7-3-4-9(13)8(12)5-7/h3-5H,2,6,13H2,1H3. The van der Waals surface area contributed by atoms with Crippen molar-refractivity contribution < 1.29 is 8.91 Å². The van der Waals surface area contributed by atoms with Crippen LogP contribution in [0.3, 0.4) is 0 Å². The van der Waals surface area contributed by atoms with Gasteiger partial charge < -0.3 is 10.3 Å². The number of halogens is 1. The van der Waals surface area contributed by atoms with Gasteiger partial charge in [-0.2, -0.15) is 4.98 Å². The second-order valence-electron chi connectivity index (χ2n) is 3.43. The molecule has 2 aromatic rings. The van der Waals surface area contributed by atoms with E-state index in [9.17, 15) is 4.39 Å². The van der Waals surface area contributed by atoms with E-state index in [2.05, 4.69) is 10.1 Å². The minimum Gasteiger partial charge on any atom is -0.396 e. The predicted octanol–water partition coefficient (Wildman–Crippen LogP) is 2.65. The molecule has 0 atom stereocenters. The smallest absolute Gasteiger partial charge is 0.226 e. The summed E-state index contributed by atoms with van der Waals surface area (Å²) in [4.78, 5) is 4.96. The largest absolute Gasteiger partial charge is 0.396 e. The van der Waals surface area contributed by atoms with E-state index in [1.54, 1.807) is 12.1 Å². The molecule has 17 heavy (non-hydrogen) atoms. The lowest BCUT2D eigenvalue weighted by Crippen LogP contribution is -1.90. The van der Waals surface area contributed by atoms with Gasteiger partial charge in [0.2, 0.25) is 5.89 Å². The van der Waals surface area contributed by atoms with Crippen LogP contribution in [-0.2, 0) is 12.2 Å². The molecule has 0 saturated carbocycles. The maximum Gasteiger partial charge on any atom is 0.226 e. The minimum absolute atomic E-state index is 0.155. The molecule has 0 aliphatic carbocycles. The Balaban J connectivity index is 1.99. The summed E-state index contributed by atoms with van der Waals surface area (Å²) < 4.78 is 18.2. The van der Waals surface area contributed by atoms with Gasteiger partial charge in [-0.15, -0.1) is 11.8 Å². The average Bonchev–Trinajstić information content (AvgIpc) is 2.79. The number of nitrogens with two attached hydrogens (primary N) is 1. The van der Waals surface area contributed by atoms with Crippen molar-refractivity contribution in [1.29, 1.82) is 0 Å². The molecular formula is C11H12FN3OS. The van der Waals surface area contributed by atoms with Crippen LogP contribution in [0.15, 0.2) is 27.6 Å². The summed E-state index contributed by atoms with van der Waals surface area (Å²) in [6.45, 7) is 1.94. The molecule has 0 amide bonds. The van der Waals surface area contributed by atoms with Crippen LogP contribution < -0.4 is 5.73 Å². The van der Waals surface area contributed by atoms with Gasteiger partial charge in [-0.25, -0.2) is 4.39 Å². The van der Waals surface area contributed by atoms with Crippen molar-refractivity contribution in [3.63, 3.8) is 0 Å². The average molecular weight is 253 g/mol. The monoisotopic (exact) mass is 253 g/mol. The molecule has 0 fully saturated rings. The molecule has 4 nitrogen and oxygen atoms in total. The molecule has 90 valence electrons. The van der Waals surface area contributed by atoms with Crippen molar-refractivity contribution >= 4 is 17.4 Å². The Hall–Kier alpha value is -1.56. The Labute approximate surface area is 102 Å². The highest BCUT2D eigenvalue weighted by atomic mass is 32.2. The first-order chi connectivity index (χ1) is 8.19. The van der Waals surface area contributed by atoms with Gasteiger partial charge in [-0.3, -0.25) is 0 Å². The molecule has 0 radical (unpaired) electrons. The van der Waals surface area contributed by atoms with Crippen LogP contribution in [0.1, 0.15) is 18.6 Å². The van der Waals surface area contributed by atoms with Crippen molar-refractivity contribution in [1.82, 2.24) is 10.1 Å². The number of thioether (sulfide) groups is 1. The summed E-state index contributed by atoms with van der Waals surface area (Å²) in [5, 5.41) is 3.82.